The van der Waals surface area contributed by atoms with Crippen LogP contribution in [0.15, 0.2) is 53.1 Å². The van der Waals surface area contributed by atoms with E-state index in [9.17, 15) is 9.59 Å². The normalized spacial score (nSPS) is 10.4. The third kappa shape index (κ3) is 2.67. The second kappa shape index (κ2) is 5.69. The second-order valence-electron chi connectivity index (χ2n) is 4.69. The van der Waals surface area contributed by atoms with Gasteiger partial charge >= 0.3 is 0 Å². The molecule has 1 aromatic carbocycles. The zero-order valence-electron chi connectivity index (χ0n) is 11.8. The lowest BCUT2D eigenvalue weighted by molar-refractivity contribution is 0.0843. The van der Waals surface area contributed by atoms with Gasteiger partial charge in [0.05, 0.1) is 17.3 Å². The first-order chi connectivity index (χ1) is 10.6. The topological polar surface area (TPSA) is 84.2 Å². The Morgan fingerprint density at radius 2 is 1.77 bits per heavy atom. The quantitative estimate of drug-likeness (QED) is 0.710. The molecular formula is C16H13N3O3. The number of hydrogen-bond donors (Lipinski definition) is 2. The molecule has 3 aromatic rings. The fourth-order valence-corrected chi connectivity index (χ4v) is 2.06. The maximum atomic E-state index is 12.0. The van der Waals surface area contributed by atoms with Gasteiger partial charge in [-0.05, 0) is 25.1 Å². The highest BCUT2D eigenvalue weighted by molar-refractivity contribution is 5.99. The van der Waals surface area contributed by atoms with Gasteiger partial charge in [0.2, 0.25) is 0 Å². The van der Waals surface area contributed by atoms with E-state index in [2.05, 4.69) is 15.8 Å². The molecule has 0 bridgehead atoms. The predicted molar refractivity (Wildman–Crippen MR) is 80.1 cm³/mol. The lowest BCUT2D eigenvalue weighted by atomic mass is 10.2. The largest absolute Gasteiger partial charge is 0.469 e. The van der Waals surface area contributed by atoms with E-state index < -0.39 is 11.8 Å². The van der Waals surface area contributed by atoms with Crippen molar-refractivity contribution in [3.8, 4) is 0 Å². The molecule has 0 aliphatic heterocycles. The molecule has 2 heterocycles. The highest BCUT2D eigenvalue weighted by Crippen LogP contribution is 2.11. The average molecular weight is 295 g/mol. The van der Waals surface area contributed by atoms with Gasteiger partial charge in [-0.2, -0.15) is 0 Å². The van der Waals surface area contributed by atoms with Gasteiger partial charge in [0.1, 0.15) is 11.5 Å². The second-order valence-corrected chi connectivity index (χ2v) is 4.69. The molecule has 0 aliphatic carbocycles. The van der Waals surface area contributed by atoms with Crippen molar-refractivity contribution < 1.29 is 14.0 Å². The van der Waals surface area contributed by atoms with Crippen LogP contribution in [0.2, 0.25) is 0 Å². The molecule has 0 saturated heterocycles. The highest BCUT2D eigenvalue weighted by atomic mass is 16.3. The zero-order valence-corrected chi connectivity index (χ0v) is 11.8. The molecule has 2 amide bonds. The smallest absolute Gasteiger partial charge is 0.288 e. The van der Waals surface area contributed by atoms with Crippen molar-refractivity contribution >= 4 is 22.7 Å². The van der Waals surface area contributed by atoms with E-state index >= 15 is 0 Å². The van der Waals surface area contributed by atoms with E-state index in [-0.39, 0.29) is 5.69 Å². The minimum atomic E-state index is -0.486. The average Bonchev–Trinajstić information content (AvgIpc) is 2.98. The van der Waals surface area contributed by atoms with Crippen LogP contribution in [-0.2, 0) is 0 Å². The Hall–Kier alpha value is -3.15. The summed E-state index contributed by atoms with van der Waals surface area (Å²) in [5.41, 5.74) is 5.98. The molecule has 0 spiro atoms. The van der Waals surface area contributed by atoms with E-state index in [0.717, 1.165) is 5.39 Å². The number of nitrogens with one attached hydrogen (secondary N) is 2. The maximum absolute atomic E-state index is 12.0. The molecule has 0 atom stereocenters. The summed E-state index contributed by atoms with van der Waals surface area (Å²) in [4.78, 5) is 28.2. The summed E-state index contributed by atoms with van der Waals surface area (Å²) in [6, 6.07) is 12.4. The highest BCUT2D eigenvalue weighted by Gasteiger charge is 2.13. The van der Waals surface area contributed by atoms with Crippen LogP contribution < -0.4 is 10.9 Å². The van der Waals surface area contributed by atoms with E-state index in [4.69, 9.17) is 4.42 Å². The SMILES string of the molecule is Cc1occc1C(=O)NNC(=O)c1ccc2ccccc2n1. The van der Waals surface area contributed by atoms with Crippen molar-refractivity contribution in [1.29, 1.82) is 0 Å². The number of para-hydroxylation sites is 1. The van der Waals surface area contributed by atoms with Crippen LogP contribution in [0.25, 0.3) is 10.9 Å². The molecule has 110 valence electrons. The number of pyridine rings is 1. The summed E-state index contributed by atoms with van der Waals surface area (Å²) < 4.78 is 5.04. The minimum Gasteiger partial charge on any atom is -0.469 e. The number of rotatable bonds is 2. The third-order valence-corrected chi connectivity index (χ3v) is 3.22. The molecule has 6 nitrogen and oxygen atoms in total. The van der Waals surface area contributed by atoms with Gasteiger partial charge in [-0.1, -0.05) is 24.3 Å². The standard InChI is InChI=1S/C16H13N3O3/c1-10-12(8-9-22-10)15(20)18-19-16(21)14-7-6-11-4-2-3-5-13(11)17-14/h2-9H,1H3,(H,18,20)(H,19,21). The van der Waals surface area contributed by atoms with Gasteiger partial charge in [-0.15, -0.1) is 0 Å². The Morgan fingerprint density at radius 1 is 1.00 bits per heavy atom. The Kier molecular flexibility index (Phi) is 3.57. The summed E-state index contributed by atoms with van der Waals surface area (Å²) in [5, 5.41) is 0.942. The van der Waals surface area contributed by atoms with Crippen LogP contribution in [0.3, 0.4) is 0 Å². The first kappa shape index (κ1) is 13.8. The monoisotopic (exact) mass is 295 g/mol. The van der Waals surface area contributed by atoms with Gasteiger partial charge in [0.15, 0.2) is 0 Å². The molecule has 3 rings (SSSR count). The number of hydrogen-bond acceptors (Lipinski definition) is 4. The summed E-state index contributed by atoms with van der Waals surface area (Å²) >= 11 is 0. The number of nitrogens with zero attached hydrogens (tertiary/aromatic N) is 1. The van der Waals surface area contributed by atoms with Crippen LogP contribution >= 0.6 is 0 Å². The van der Waals surface area contributed by atoms with Crippen LogP contribution in [-0.4, -0.2) is 16.8 Å². The van der Waals surface area contributed by atoms with Crippen molar-refractivity contribution in [3.63, 3.8) is 0 Å². The molecule has 22 heavy (non-hydrogen) atoms. The molecule has 2 aromatic heterocycles. The van der Waals surface area contributed by atoms with Crippen LogP contribution in [0.4, 0.5) is 0 Å². The van der Waals surface area contributed by atoms with E-state index in [1.54, 1.807) is 19.1 Å². The van der Waals surface area contributed by atoms with E-state index in [1.165, 1.54) is 12.3 Å². The number of carbonyl (C=O) groups is 2. The fourth-order valence-electron chi connectivity index (χ4n) is 2.06. The van der Waals surface area contributed by atoms with Crippen LogP contribution in [0.5, 0.6) is 0 Å². The first-order valence-electron chi connectivity index (χ1n) is 6.66. The number of amides is 2. The van der Waals surface area contributed by atoms with Gasteiger partial charge in [-0.25, -0.2) is 4.98 Å². The summed E-state index contributed by atoms with van der Waals surface area (Å²) in [5.74, 6) is -0.448. The maximum Gasteiger partial charge on any atom is 0.288 e. The fraction of sp³-hybridized carbons (Fsp3) is 0.0625. The van der Waals surface area contributed by atoms with Crippen LogP contribution in [0, 0.1) is 6.92 Å². The number of furan rings is 1. The Labute approximate surface area is 126 Å². The minimum absolute atomic E-state index is 0.225. The van der Waals surface area contributed by atoms with Crippen molar-refractivity contribution in [3.05, 3.63) is 65.7 Å². The molecule has 0 unspecified atom stereocenters. The number of fused-ring (bicyclic) bond motifs is 1. The summed E-state index contributed by atoms with van der Waals surface area (Å²) in [7, 11) is 0. The van der Waals surface area contributed by atoms with E-state index in [0.29, 0.717) is 16.8 Å². The molecule has 0 radical (unpaired) electrons. The molecule has 0 aliphatic rings. The number of carbonyl (C=O) groups excluding carboxylic acids is 2. The van der Waals surface area contributed by atoms with Gasteiger partial charge in [-0.3, -0.25) is 20.4 Å². The van der Waals surface area contributed by atoms with Crippen molar-refractivity contribution in [2.24, 2.45) is 0 Å². The summed E-state index contributed by atoms with van der Waals surface area (Å²) in [6.45, 7) is 1.67. The van der Waals surface area contributed by atoms with Gasteiger partial charge < -0.3 is 4.42 Å². The molecule has 0 fully saturated rings. The van der Waals surface area contributed by atoms with E-state index in [1.807, 2.05) is 24.3 Å². The van der Waals surface area contributed by atoms with Crippen LogP contribution in [0.1, 0.15) is 26.6 Å². The lowest BCUT2D eigenvalue weighted by Crippen LogP contribution is -2.42. The number of hydrazine groups is 1. The number of aryl methyl sites for hydroxylation is 1. The Bertz CT molecular complexity index is 854. The van der Waals surface area contributed by atoms with Crippen molar-refractivity contribution in [1.82, 2.24) is 15.8 Å². The summed E-state index contributed by atoms with van der Waals surface area (Å²) in [6.07, 6.45) is 1.41. The van der Waals surface area contributed by atoms with Gasteiger partial charge in [0.25, 0.3) is 11.8 Å². The lowest BCUT2D eigenvalue weighted by Gasteiger charge is -2.07. The number of benzene rings is 1. The first-order valence-corrected chi connectivity index (χ1v) is 6.66. The molecular weight excluding hydrogens is 282 g/mol. The molecule has 6 heteroatoms. The molecule has 0 saturated carbocycles. The van der Waals surface area contributed by atoms with Crippen molar-refractivity contribution in [2.75, 3.05) is 0 Å². The zero-order chi connectivity index (χ0) is 15.5. The number of aromatic nitrogens is 1. The van der Waals surface area contributed by atoms with Crippen molar-refractivity contribution in [2.45, 2.75) is 6.92 Å². The third-order valence-electron chi connectivity index (χ3n) is 3.22. The predicted octanol–water partition coefficient (Wildman–Crippen LogP) is 2.21. The Balaban J connectivity index is 1.71. The molecule has 2 N–H and O–H groups in total. The Morgan fingerprint density at radius 3 is 2.55 bits per heavy atom. The van der Waals surface area contributed by atoms with Gasteiger partial charge in [0, 0.05) is 5.39 Å².